The van der Waals surface area contributed by atoms with Crippen molar-refractivity contribution >= 4 is 0 Å². The van der Waals surface area contributed by atoms with Crippen LogP contribution in [-0.2, 0) is 5.67 Å². The smallest absolute Gasteiger partial charge is 0.159 e. The Labute approximate surface area is 114 Å². The van der Waals surface area contributed by atoms with Crippen molar-refractivity contribution in [1.82, 2.24) is 0 Å². The molecule has 0 aromatic heterocycles. The molecular weight excluding hydrogens is 235 g/mol. The molecule has 2 aromatic carbocycles. The van der Waals surface area contributed by atoms with Gasteiger partial charge in [-0.05, 0) is 36.5 Å². The number of fused-ring (bicyclic) bond motifs is 3. The minimum Gasteiger partial charge on any atom is -0.234 e. The highest BCUT2D eigenvalue weighted by Crippen LogP contribution is 2.50. The van der Waals surface area contributed by atoms with Crippen LogP contribution in [0.5, 0.6) is 0 Å². The van der Waals surface area contributed by atoms with E-state index in [-0.39, 0.29) is 0 Å². The van der Waals surface area contributed by atoms with E-state index in [1.54, 1.807) is 6.92 Å². The van der Waals surface area contributed by atoms with Crippen molar-refractivity contribution in [2.45, 2.75) is 39.3 Å². The topological polar surface area (TPSA) is 0 Å². The van der Waals surface area contributed by atoms with Gasteiger partial charge in [-0.1, -0.05) is 55.8 Å². The van der Waals surface area contributed by atoms with Crippen LogP contribution in [0.15, 0.2) is 36.4 Å². The van der Waals surface area contributed by atoms with E-state index in [1.807, 2.05) is 25.1 Å². The zero-order chi connectivity index (χ0) is 13.8. The van der Waals surface area contributed by atoms with Crippen molar-refractivity contribution in [2.24, 2.45) is 0 Å². The van der Waals surface area contributed by atoms with Gasteiger partial charge in [0.05, 0.1) is 0 Å². The third kappa shape index (κ3) is 1.72. The molecule has 0 spiro atoms. The van der Waals surface area contributed by atoms with Gasteiger partial charge in [0, 0.05) is 11.1 Å². The first-order valence-corrected chi connectivity index (χ1v) is 6.86. The van der Waals surface area contributed by atoms with E-state index < -0.39 is 5.67 Å². The zero-order valence-corrected chi connectivity index (χ0v) is 11.9. The maximum Gasteiger partial charge on any atom is 0.159 e. The van der Waals surface area contributed by atoms with Crippen LogP contribution < -0.4 is 0 Å². The quantitative estimate of drug-likeness (QED) is 0.645. The van der Waals surface area contributed by atoms with Gasteiger partial charge in [0.15, 0.2) is 5.67 Å². The Balaban J connectivity index is 2.28. The lowest BCUT2D eigenvalue weighted by Gasteiger charge is -2.18. The van der Waals surface area contributed by atoms with Crippen molar-refractivity contribution in [3.8, 4) is 11.1 Å². The predicted octanol–water partition coefficient (Wildman–Crippen LogP) is 5.33. The monoisotopic (exact) mass is 254 g/mol. The Bertz CT molecular complexity index is 651. The summed E-state index contributed by atoms with van der Waals surface area (Å²) in [5.41, 5.74) is 4.65. The summed E-state index contributed by atoms with van der Waals surface area (Å²) in [4.78, 5) is 0. The minimum atomic E-state index is -1.37. The summed E-state index contributed by atoms with van der Waals surface area (Å²) < 4.78 is 15.2. The van der Waals surface area contributed by atoms with Gasteiger partial charge in [-0.3, -0.25) is 0 Å². The second kappa shape index (κ2) is 3.93. The maximum atomic E-state index is 15.2. The Kier molecular flexibility index (Phi) is 2.57. The van der Waals surface area contributed by atoms with E-state index in [0.29, 0.717) is 5.92 Å². The van der Waals surface area contributed by atoms with Crippen LogP contribution in [0.4, 0.5) is 4.39 Å². The van der Waals surface area contributed by atoms with Crippen LogP contribution in [0, 0.1) is 6.92 Å². The van der Waals surface area contributed by atoms with Gasteiger partial charge in [-0.25, -0.2) is 4.39 Å². The van der Waals surface area contributed by atoms with Gasteiger partial charge in [-0.2, -0.15) is 0 Å². The van der Waals surface area contributed by atoms with Crippen LogP contribution in [0.3, 0.4) is 0 Å². The van der Waals surface area contributed by atoms with Crippen LogP contribution in [0.1, 0.15) is 48.9 Å². The lowest BCUT2D eigenvalue weighted by atomic mass is 9.92. The summed E-state index contributed by atoms with van der Waals surface area (Å²) in [7, 11) is 0. The van der Waals surface area contributed by atoms with E-state index >= 15 is 4.39 Å². The molecule has 0 nitrogen and oxygen atoms in total. The molecule has 0 saturated heterocycles. The second-order valence-corrected chi connectivity index (χ2v) is 6.01. The SMILES string of the molecule is Cc1ccc2c(c1)C(C)(F)c1cc(C(C)C)ccc1-2. The maximum absolute atomic E-state index is 15.2. The van der Waals surface area contributed by atoms with Crippen LogP contribution in [0.25, 0.3) is 11.1 Å². The molecule has 19 heavy (non-hydrogen) atoms. The first-order chi connectivity index (χ1) is 8.91. The molecule has 3 rings (SSSR count). The fourth-order valence-corrected chi connectivity index (χ4v) is 2.97. The van der Waals surface area contributed by atoms with E-state index in [1.165, 1.54) is 5.56 Å². The summed E-state index contributed by atoms with van der Waals surface area (Å²) in [5, 5.41) is 0. The highest BCUT2D eigenvalue weighted by atomic mass is 19.1. The summed E-state index contributed by atoms with van der Waals surface area (Å²) in [6.45, 7) is 7.98. The predicted molar refractivity (Wildman–Crippen MR) is 78.3 cm³/mol. The fourth-order valence-electron chi connectivity index (χ4n) is 2.97. The molecule has 0 amide bonds. The highest BCUT2D eigenvalue weighted by Gasteiger charge is 2.39. The molecule has 0 N–H and O–H groups in total. The van der Waals surface area contributed by atoms with Gasteiger partial charge >= 0.3 is 0 Å². The average molecular weight is 254 g/mol. The molecule has 1 heteroatoms. The van der Waals surface area contributed by atoms with Crippen molar-refractivity contribution in [3.05, 3.63) is 58.7 Å². The summed E-state index contributed by atoms with van der Waals surface area (Å²) in [6.07, 6.45) is 0. The Morgan fingerprint density at radius 2 is 1.53 bits per heavy atom. The number of halogens is 1. The zero-order valence-electron chi connectivity index (χ0n) is 11.9. The lowest BCUT2D eigenvalue weighted by molar-refractivity contribution is 0.258. The van der Waals surface area contributed by atoms with E-state index in [9.17, 15) is 0 Å². The van der Waals surface area contributed by atoms with Gasteiger partial charge in [0.25, 0.3) is 0 Å². The Morgan fingerprint density at radius 1 is 0.947 bits per heavy atom. The van der Waals surface area contributed by atoms with Gasteiger partial charge in [0.1, 0.15) is 0 Å². The van der Waals surface area contributed by atoms with Crippen LogP contribution >= 0.6 is 0 Å². The molecule has 0 fully saturated rings. The normalized spacial score (nSPS) is 20.5. The minimum absolute atomic E-state index is 0.423. The average Bonchev–Trinajstić information content (AvgIpc) is 2.58. The standard InChI is InChI=1S/C18H19F/c1-11(2)13-6-8-15-14-7-5-12(3)9-16(14)18(4,19)17(15)10-13/h5-11H,1-4H3. The summed E-state index contributed by atoms with van der Waals surface area (Å²) in [6, 6.07) is 12.3. The van der Waals surface area contributed by atoms with Gasteiger partial charge < -0.3 is 0 Å². The molecule has 98 valence electrons. The number of alkyl halides is 1. The Hall–Kier alpha value is -1.63. The Morgan fingerprint density at radius 3 is 2.16 bits per heavy atom. The molecule has 0 radical (unpaired) electrons. The van der Waals surface area contributed by atoms with Crippen molar-refractivity contribution in [1.29, 1.82) is 0 Å². The van der Waals surface area contributed by atoms with Crippen LogP contribution in [0.2, 0.25) is 0 Å². The largest absolute Gasteiger partial charge is 0.234 e. The number of benzene rings is 2. The number of rotatable bonds is 1. The molecule has 0 bridgehead atoms. The van der Waals surface area contributed by atoms with Crippen molar-refractivity contribution in [2.75, 3.05) is 0 Å². The third-order valence-corrected chi connectivity index (χ3v) is 4.19. The molecule has 1 aliphatic rings. The summed E-state index contributed by atoms with van der Waals surface area (Å²) in [5.74, 6) is 0.423. The number of hydrogen-bond acceptors (Lipinski definition) is 0. The fraction of sp³-hybridized carbons (Fsp3) is 0.333. The van der Waals surface area contributed by atoms with E-state index in [0.717, 1.165) is 27.8 Å². The molecule has 1 aliphatic carbocycles. The van der Waals surface area contributed by atoms with Crippen molar-refractivity contribution < 1.29 is 4.39 Å². The molecule has 0 heterocycles. The third-order valence-electron chi connectivity index (χ3n) is 4.19. The molecule has 2 aromatic rings. The van der Waals surface area contributed by atoms with E-state index in [4.69, 9.17) is 0 Å². The first kappa shape index (κ1) is 12.4. The number of aryl methyl sites for hydroxylation is 1. The molecular formula is C18H19F. The molecule has 1 unspecified atom stereocenters. The first-order valence-electron chi connectivity index (χ1n) is 6.86. The van der Waals surface area contributed by atoms with E-state index in [2.05, 4.69) is 32.0 Å². The number of hydrogen-bond donors (Lipinski definition) is 0. The van der Waals surface area contributed by atoms with Gasteiger partial charge in [0.2, 0.25) is 0 Å². The highest BCUT2D eigenvalue weighted by molar-refractivity contribution is 5.80. The lowest BCUT2D eigenvalue weighted by Crippen LogP contribution is -2.13. The summed E-state index contributed by atoms with van der Waals surface area (Å²) >= 11 is 0. The van der Waals surface area contributed by atoms with Crippen LogP contribution in [-0.4, -0.2) is 0 Å². The second-order valence-electron chi connectivity index (χ2n) is 6.01. The van der Waals surface area contributed by atoms with Crippen molar-refractivity contribution in [3.63, 3.8) is 0 Å². The molecule has 0 saturated carbocycles. The van der Waals surface area contributed by atoms with Gasteiger partial charge in [-0.15, -0.1) is 0 Å². The molecule has 0 aliphatic heterocycles. The molecule has 1 atom stereocenters.